The largest absolute Gasteiger partial charge is 0.396 e. The third-order valence-corrected chi connectivity index (χ3v) is 4.13. The second-order valence-corrected chi connectivity index (χ2v) is 4.81. The molecule has 2 heteroatoms. The van der Waals surface area contributed by atoms with Gasteiger partial charge in [-0.05, 0) is 32.6 Å². The Morgan fingerprint density at radius 1 is 1.33 bits per heavy atom. The molecule has 2 heterocycles. The summed E-state index contributed by atoms with van der Waals surface area (Å²) in [5, 5.41) is 9.26. The monoisotopic (exact) mass is 170 g/mol. The van der Waals surface area contributed by atoms with E-state index in [9.17, 15) is 5.11 Å². The third kappa shape index (κ3) is 0.826. The zero-order valence-electron chi connectivity index (χ0n) is 8.13. The van der Waals surface area contributed by atoms with Gasteiger partial charge in [-0.25, -0.2) is 0 Å². The average Bonchev–Trinajstić information content (AvgIpc) is 2.38. The molecule has 0 aromatic rings. The van der Waals surface area contributed by atoms with E-state index < -0.39 is 0 Å². The molecule has 0 aliphatic carbocycles. The van der Waals surface area contributed by atoms with Crippen LogP contribution in [0.3, 0.4) is 0 Å². The fourth-order valence-corrected chi connectivity index (χ4v) is 3.02. The van der Waals surface area contributed by atoms with Gasteiger partial charge in [0.15, 0.2) is 0 Å². The Bertz CT molecular complexity index is 204. The van der Waals surface area contributed by atoms with Crippen LogP contribution in [-0.4, -0.2) is 22.9 Å². The number of rotatable bonds is 1. The topological polar surface area (TPSA) is 29.5 Å². The van der Waals surface area contributed by atoms with Crippen molar-refractivity contribution in [2.24, 2.45) is 11.8 Å². The molecule has 2 rings (SSSR count). The molecule has 2 aliphatic heterocycles. The molecule has 0 amide bonds. The minimum atomic E-state index is -0.0388. The van der Waals surface area contributed by atoms with Gasteiger partial charge in [0.05, 0.1) is 11.2 Å². The van der Waals surface area contributed by atoms with E-state index >= 15 is 0 Å². The molecule has 2 nitrogen and oxygen atoms in total. The van der Waals surface area contributed by atoms with Crippen molar-refractivity contribution < 1.29 is 9.84 Å². The summed E-state index contributed by atoms with van der Waals surface area (Å²) in [7, 11) is 0. The van der Waals surface area contributed by atoms with Gasteiger partial charge >= 0.3 is 0 Å². The summed E-state index contributed by atoms with van der Waals surface area (Å²) in [4.78, 5) is 0. The number of aliphatic hydroxyl groups excluding tert-OH is 1. The second-order valence-electron chi connectivity index (χ2n) is 4.81. The molecule has 2 bridgehead atoms. The molecule has 1 N–H and O–H groups in total. The maximum absolute atomic E-state index is 9.26. The molecule has 0 aromatic carbocycles. The van der Waals surface area contributed by atoms with Crippen LogP contribution < -0.4 is 0 Å². The number of aliphatic hydroxyl groups is 1. The summed E-state index contributed by atoms with van der Waals surface area (Å²) < 4.78 is 6.00. The highest BCUT2D eigenvalue weighted by molar-refractivity contribution is 5.09. The van der Waals surface area contributed by atoms with Crippen LogP contribution in [0.4, 0.5) is 0 Å². The van der Waals surface area contributed by atoms with Gasteiger partial charge in [-0.15, -0.1) is 0 Å². The van der Waals surface area contributed by atoms with Gasteiger partial charge in [-0.1, -0.05) is 6.92 Å². The standard InChI is InChI=1S/C10H18O2/c1-7-8(6-11)10(3)5-4-9(7,2)12-10/h7-8,11H,4-6H2,1-3H3/t7-,8-,9+,10-/m1/s1. The predicted molar refractivity (Wildman–Crippen MR) is 46.9 cm³/mol. The van der Waals surface area contributed by atoms with Gasteiger partial charge in [0.1, 0.15) is 0 Å². The van der Waals surface area contributed by atoms with E-state index in [1.54, 1.807) is 0 Å². The summed E-state index contributed by atoms with van der Waals surface area (Å²) in [5.41, 5.74) is 0.00502. The predicted octanol–water partition coefficient (Wildman–Crippen LogP) is 1.57. The molecule has 0 unspecified atom stereocenters. The van der Waals surface area contributed by atoms with Crippen molar-refractivity contribution in [3.8, 4) is 0 Å². The summed E-state index contributed by atoms with van der Waals surface area (Å²) >= 11 is 0. The van der Waals surface area contributed by atoms with Crippen LogP contribution in [-0.2, 0) is 4.74 Å². The lowest BCUT2D eigenvalue weighted by atomic mass is 9.69. The van der Waals surface area contributed by atoms with Crippen molar-refractivity contribution in [3.63, 3.8) is 0 Å². The molecule has 0 spiro atoms. The molecule has 12 heavy (non-hydrogen) atoms. The molecule has 0 saturated carbocycles. The van der Waals surface area contributed by atoms with Crippen LogP contribution >= 0.6 is 0 Å². The maximum Gasteiger partial charge on any atom is 0.0716 e. The lowest BCUT2D eigenvalue weighted by molar-refractivity contribution is -0.0461. The van der Waals surface area contributed by atoms with E-state index in [2.05, 4.69) is 20.8 Å². The molecule has 2 saturated heterocycles. The highest BCUT2D eigenvalue weighted by Crippen LogP contribution is 2.56. The van der Waals surface area contributed by atoms with Crippen molar-refractivity contribution >= 4 is 0 Å². The first-order valence-electron chi connectivity index (χ1n) is 4.83. The van der Waals surface area contributed by atoms with Crippen LogP contribution in [0, 0.1) is 11.8 Å². The zero-order chi connectivity index (χ0) is 8.98. The Morgan fingerprint density at radius 3 is 2.25 bits per heavy atom. The fourth-order valence-electron chi connectivity index (χ4n) is 3.02. The van der Waals surface area contributed by atoms with Gasteiger partial charge in [-0.3, -0.25) is 0 Å². The van der Waals surface area contributed by atoms with Crippen molar-refractivity contribution in [1.29, 1.82) is 0 Å². The second kappa shape index (κ2) is 2.24. The molecule has 2 aliphatic rings. The average molecular weight is 170 g/mol. The van der Waals surface area contributed by atoms with Gasteiger partial charge in [-0.2, -0.15) is 0 Å². The van der Waals surface area contributed by atoms with Crippen LogP contribution in [0.15, 0.2) is 0 Å². The molecule has 70 valence electrons. The highest BCUT2D eigenvalue weighted by Gasteiger charge is 2.60. The first-order valence-corrected chi connectivity index (χ1v) is 4.83. The summed E-state index contributed by atoms with van der Waals surface area (Å²) in [6, 6.07) is 0. The Kier molecular flexibility index (Phi) is 1.59. The summed E-state index contributed by atoms with van der Waals surface area (Å²) in [6.45, 7) is 6.79. The Morgan fingerprint density at radius 2 is 1.92 bits per heavy atom. The number of hydrogen-bond donors (Lipinski definition) is 1. The molecular weight excluding hydrogens is 152 g/mol. The van der Waals surface area contributed by atoms with E-state index in [0.29, 0.717) is 11.8 Å². The van der Waals surface area contributed by atoms with E-state index in [-0.39, 0.29) is 17.8 Å². The van der Waals surface area contributed by atoms with Gasteiger partial charge in [0.25, 0.3) is 0 Å². The van der Waals surface area contributed by atoms with E-state index in [4.69, 9.17) is 4.74 Å². The van der Waals surface area contributed by atoms with Crippen LogP contribution in [0.25, 0.3) is 0 Å². The van der Waals surface area contributed by atoms with E-state index in [1.165, 1.54) is 0 Å². The SMILES string of the molecule is C[C@@H]1[C@@H](CO)[C@@]2(C)CC[C@]1(C)O2. The quantitative estimate of drug-likeness (QED) is 0.647. The Labute approximate surface area is 73.9 Å². The van der Waals surface area contributed by atoms with Gasteiger partial charge < -0.3 is 9.84 Å². The van der Waals surface area contributed by atoms with Crippen LogP contribution in [0.2, 0.25) is 0 Å². The normalized spacial score (nSPS) is 58.0. The van der Waals surface area contributed by atoms with Crippen molar-refractivity contribution in [2.75, 3.05) is 6.61 Å². The third-order valence-electron chi connectivity index (χ3n) is 4.13. The lowest BCUT2D eigenvalue weighted by Gasteiger charge is -2.32. The molecule has 4 atom stereocenters. The molecule has 2 fully saturated rings. The number of ether oxygens (including phenoxy) is 1. The Balaban J connectivity index is 2.30. The van der Waals surface area contributed by atoms with Crippen LogP contribution in [0.5, 0.6) is 0 Å². The first kappa shape index (κ1) is 8.52. The number of fused-ring (bicyclic) bond motifs is 2. The van der Waals surface area contributed by atoms with Crippen molar-refractivity contribution in [2.45, 2.75) is 44.8 Å². The minimum Gasteiger partial charge on any atom is -0.396 e. The fraction of sp³-hybridized carbons (Fsp3) is 1.00. The smallest absolute Gasteiger partial charge is 0.0716 e. The first-order chi connectivity index (χ1) is 5.52. The zero-order valence-corrected chi connectivity index (χ0v) is 8.13. The van der Waals surface area contributed by atoms with Gasteiger partial charge in [0, 0.05) is 12.5 Å². The molecule has 0 aromatic heterocycles. The molecular formula is C10H18O2. The summed E-state index contributed by atoms with van der Waals surface area (Å²) in [5.74, 6) is 0.845. The van der Waals surface area contributed by atoms with Crippen molar-refractivity contribution in [3.05, 3.63) is 0 Å². The Hall–Kier alpha value is -0.0800. The van der Waals surface area contributed by atoms with E-state index in [1.807, 2.05) is 0 Å². The van der Waals surface area contributed by atoms with Gasteiger partial charge in [0.2, 0.25) is 0 Å². The summed E-state index contributed by atoms with van der Waals surface area (Å²) in [6.07, 6.45) is 2.26. The molecule has 0 radical (unpaired) electrons. The van der Waals surface area contributed by atoms with Crippen LogP contribution in [0.1, 0.15) is 33.6 Å². The number of hydrogen-bond acceptors (Lipinski definition) is 2. The van der Waals surface area contributed by atoms with E-state index in [0.717, 1.165) is 12.8 Å². The van der Waals surface area contributed by atoms with Crippen molar-refractivity contribution in [1.82, 2.24) is 0 Å². The lowest BCUT2D eigenvalue weighted by Crippen LogP contribution is -2.38. The minimum absolute atomic E-state index is 0.0388. The highest BCUT2D eigenvalue weighted by atomic mass is 16.5. The maximum atomic E-state index is 9.26.